The molecule has 2 atom stereocenters. The maximum Gasteiger partial charge on any atom is 0.427 e. The molecule has 1 aliphatic heterocycles. The quantitative estimate of drug-likeness (QED) is 0.864. The van der Waals surface area contributed by atoms with Crippen molar-refractivity contribution in [2.75, 3.05) is 18.4 Å². The van der Waals surface area contributed by atoms with E-state index >= 15 is 0 Å². The van der Waals surface area contributed by atoms with Crippen molar-refractivity contribution in [3.05, 3.63) is 11.1 Å². The number of likely N-dealkylation sites (tertiary alicyclic amines) is 1. The van der Waals surface area contributed by atoms with Gasteiger partial charge in [-0.15, -0.1) is 0 Å². The van der Waals surface area contributed by atoms with Crippen molar-refractivity contribution in [2.45, 2.75) is 25.4 Å². The molecular formula is C12H14F3N3OS. The predicted molar refractivity (Wildman–Crippen MR) is 68.5 cm³/mol. The lowest BCUT2D eigenvalue weighted by molar-refractivity contribution is -0.134. The van der Waals surface area contributed by atoms with E-state index < -0.39 is 11.1 Å². The number of rotatable bonds is 1. The Labute approximate surface area is 118 Å². The molecule has 1 saturated carbocycles. The number of hydrogen-bond donors (Lipinski definition) is 1. The van der Waals surface area contributed by atoms with E-state index in [2.05, 4.69) is 10.3 Å². The van der Waals surface area contributed by atoms with E-state index in [9.17, 15) is 18.0 Å². The standard InChI is InChI=1S/C12H14F3N3OS/c13-12(14,15)9-4-16-10(20-9)17-11(19)18-5-7-2-1-3-8(7)6-18/h4,7-8H,1-3,5-6H2,(H,16,17,19)/t7-,8+. The summed E-state index contributed by atoms with van der Waals surface area (Å²) in [4.78, 5) is 16.5. The summed E-state index contributed by atoms with van der Waals surface area (Å²) >= 11 is 0.454. The Morgan fingerprint density at radius 3 is 2.55 bits per heavy atom. The first-order chi connectivity index (χ1) is 9.43. The first-order valence-corrected chi connectivity index (χ1v) is 7.34. The van der Waals surface area contributed by atoms with Gasteiger partial charge in [0.2, 0.25) is 0 Å². The fraction of sp³-hybridized carbons (Fsp3) is 0.667. The monoisotopic (exact) mass is 305 g/mol. The summed E-state index contributed by atoms with van der Waals surface area (Å²) in [6, 6.07) is -0.345. The smallest absolute Gasteiger partial charge is 0.324 e. The summed E-state index contributed by atoms with van der Waals surface area (Å²) in [7, 11) is 0. The molecule has 0 bridgehead atoms. The number of nitrogens with zero attached hydrogens (tertiary/aromatic N) is 2. The Bertz CT molecular complexity index is 504. The third-order valence-electron chi connectivity index (χ3n) is 4.01. The zero-order valence-electron chi connectivity index (χ0n) is 10.6. The van der Waals surface area contributed by atoms with E-state index in [1.807, 2.05) is 0 Å². The van der Waals surface area contributed by atoms with Gasteiger partial charge in [-0.25, -0.2) is 9.78 Å². The number of aromatic nitrogens is 1. The Morgan fingerprint density at radius 1 is 1.35 bits per heavy atom. The van der Waals surface area contributed by atoms with Gasteiger partial charge in [0.15, 0.2) is 5.13 Å². The lowest BCUT2D eigenvalue weighted by Gasteiger charge is -2.16. The normalized spacial score (nSPS) is 25.9. The summed E-state index contributed by atoms with van der Waals surface area (Å²) in [6.07, 6.45) is -0.162. The van der Waals surface area contributed by atoms with Crippen LogP contribution in [0.3, 0.4) is 0 Å². The molecule has 2 heterocycles. The lowest BCUT2D eigenvalue weighted by Crippen LogP contribution is -2.33. The SMILES string of the molecule is O=C(Nc1ncc(C(F)(F)F)s1)N1C[C@H]2CCC[C@H]2C1. The van der Waals surface area contributed by atoms with E-state index in [0.717, 1.165) is 19.0 Å². The van der Waals surface area contributed by atoms with Gasteiger partial charge in [0.1, 0.15) is 4.88 Å². The molecule has 1 aromatic rings. The van der Waals surface area contributed by atoms with Crippen molar-refractivity contribution in [3.63, 3.8) is 0 Å². The number of fused-ring (bicyclic) bond motifs is 1. The number of hydrogen-bond acceptors (Lipinski definition) is 3. The van der Waals surface area contributed by atoms with Crippen molar-refractivity contribution >= 4 is 22.5 Å². The largest absolute Gasteiger partial charge is 0.427 e. The zero-order valence-corrected chi connectivity index (χ0v) is 11.4. The highest BCUT2D eigenvalue weighted by molar-refractivity contribution is 7.15. The second kappa shape index (κ2) is 4.91. The van der Waals surface area contributed by atoms with E-state index in [0.29, 0.717) is 36.3 Å². The van der Waals surface area contributed by atoms with Crippen molar-refractivity contribution in [1.29, 1.82) is 0 Å². The molecule has 0 radical (unpaired) electrons. The van der Waals surface area contributed by atoms with Crippen LogP contribution in [0.1, 0.15) is 24.1 Å². The Balaban J connectivity index is 1.61. The van der Waals surface area contributed by atoms with Crippen molar-refractivity contribution in [2.24, 2.45) is 11.8 Å². The highest BCUT2D eigenvalue weighted by Crippen LogP contribution is 2.38. The molecule has 0 unspecified atom stereocenters. The highest BCUT2D eigenvalue weighted by Gasteiger charge is 2.38. The lowest BCUT2D eigenvalue weighted by atomic mass is 10.0. The molecule has 8 heteroatoms. The minimum Gasteiger partial charge on any atom is -0.324 e. The van der Waals surface area contributed by atoms with E-state index in [4.69, 9.17) is 0 Å². The molecule has 110 valence electrons. The third-order valence-corrected chi connectivity index (χ3v) is 4.97. The van der Waals surface area contributed by atoms with Crippen molar-refractivity contribution < 1.29 is 18.0 Å². The number of halogens is 3. The van der Waals surface area contributed by atoms with Gasteiger partial charge in [-0.05, 0) is 24.7 Å². The molecular weight excluding hydrogens is 291 g/mol. The Hall–Kier alpha value is -1.31. The van der Waals surface area contributed by atoms with Gasteiger partial charge in [0.05, 0.1) is 6.20 Å². The molecule has 0 spiro atoms. The van der Waals surface area contributed by atoms with Crippen LogP contribution >= 0.6 is 11.3 Å². The second-order valence-corrected chi connectivity index (χ2v) is 6.34. The van der Waals surface area contributed by atoms with Crippen LogP contribution in [0.25, 0.3) is 0 Å². The molecule has 2 aliphatic rings. The van der Waals surface area contributed by atoms with Crippen LogP contribution in [-0.2, 0) is 6.18 Å². The maximum atomic E-state index is 12.4. The molecule has 4 nitrogen and oxygen atoms in total. The molecule has 1 aliphatic carbocycles. The van der Waals surface area contributed by atoms with E-state index in [1.165, 1.54) is 6.42 Å². The van der Waals surface area contributed by atoms with Gasteiger partial charge < -0.3 is 4.90 Å². The van der Waals surface area contributed by atoms with Gasteiger partial charge >= 0.3 is 12.2 Å². The maximum absolute atomic E-state index is 12.4. The average Bonchev–Trinajstić information content (AvgIpc) is 3.00. The molecule has 1 N–H and O–H groups in total. The topological polar surface area (TPSA) is 45.2 Å². The molecule has 2 amide bonds. The number of thiazole rings is 1. The number of carbonyl (C=O) groups excluding carboxylic acids is 1. The predicted octanol–water partition coefficient (Wildman–Crippen LogP) is 3.43. The first-order valence-electron chi connectivity index (χ1n) is 6.52. The Morgan fingerprint density at radius 2 is 2.00 bits per heavy atom. The van der Waals surface area contributed by atoms with Gasteiger partial charge in [0.25, 0.3) is 0 Å². The van der Waals surface area contributed by atoms with Crippen LogP contribution in [0.2, 0.25) is 0 Å². The summed E-state index contributed by atoms with van der Waals surface area (Å²) in [5.41, 5.74) is 0. The molecule has 2 fully saturated rings. The number of anilines is 1. The third kappa shape index (κ3) is 2.61. The van der Waals surface area contributed by atoms with E-state index in [1.54, 1.807) is 4.90 Å². The minimum absolute atomic E-state index is 0.000570. The Kier molecular flexibility index (Phi) is 3.35. The van der Waals surface area contributed by atoms with Gasteiger partial charge in [0, 0.05) is 13.1 Å². The van der Waals surface area contributed by atoms with Crippen LogP contribution in [0, 0.1) is 11.8 Å². The number of nitrogens with one attached hydrogen (secondary N) is 1. The molecule has 3 rings (SSSR count). The number of alkyl halides is 3. The number of amides is 2. The minimum atomic E-state index is -4.41. The summed E-state index contributed by atoms with van der Waals surface area (Å²) in [6.45, 7) is 1.40. The second-order valence-electron chi connectivity index (χ2n) is 5.31. The van der Waals surface area contributed by atoms with Crippen LogP contribution in [0.4, 0.5) is 23.1 Å². The fourth-order valence-corrected chi connectivity index (χ4v) is 3.71. The zero-order chi connectivity index (χ0) is 14.3. The fourth-order valence-electron chi connectivity index (χ4n) is 3.03. The highest BCUT2D eigenvalue weighted by atomic mass is 32.1. The van der Waals surface area contributed by atoms with E-state index in [-0.39, 0.29) is 11.2 Å². The molecule has 20 heavy (non-hydrogen) atoms. The van der Waals surface area contributed by atoms with Crippen molar-refractivity contribution in [1.82, 2.24) is 9.88 Å². The summed E-state index contributed by atoms with van der Waals surface area (Å²) in [5, 5.41) is 2.46. The summed E-state index contributed by atoms with van der Waals surface area (Å²) in [5.74, 6) is 1.12. The van der Waals surface area contributed by atoms with Crippen LogP contribution in [0.5, 0.6) is 0 Å². The van der Waals surface area contributed by atoms with Gasteiger partial charge in [-0.2, -0.15) is 13.2 Å². The van der Waals surface area contributed by atoms with Crippen LogP contribution in [0.15, 0.2) is 6.20 Å². The van der Waals surface area contributed by atoms with Crippen LogP contribution in [-0.4, -0.2) is 29.0 Å². The molecule has 1 aromatic heterocycles. The number of carbonyl (C=O) groups is 1. The summed E-state index contributed by atoms with van der Waals surface area (Å²) < 4.78 is 37.3. The molecule has 1 saturated heterocycles. The number of urea groups is 1. The van der Waals surface area contributed by atoms with Gasteiger partial charge in [-0.3, -0.25) is 5.32 Å². The first kappa shape index (κ1) is 13.7. The van der Waals surface area contributed by atoms with Crippen LogP contribution < -0.4 is 5.32 Å². The average molecular weight is 305 g/mol. The van der Waals surface area contributed by atoms with Crippen molar-refractivity contribution in [3.8, 4) is 0 Å². The van der Waals surface area contributed by atoms with Gasteiger partial charge in [-0.1, -0.05) is 17.8 Å². The molecule has 0 aromatic carbocycles.